The fourth-order valence-corrected chi connectivity index (χ4v) is 2.66. The van der Waals surface area contributed by atoms with Gasteiger partial charge in [0.1, 0.15) is 11.5 Å². The van der Waals surface area contributed by atoms with Gasteiger partial charge in [-0.25, -0.2) is 4.99 Å². The molecule has 2 aromatic rings. The zero-order chi connectivity index (χ0) is 21.2. The second kappa shape index (κ2) is 11.1. The molecule has 0 fully saturated rings. The van der Waals surface area contributed by atoms with Crippen LogP contribution in [0.5, 0.6) is 11.5 Å². The van der Waals surface area contributed by atoms with Gasteiger partial charge in [0.25, 0.3) is 0 Å². The fourth-order valence-electron chi connectivity index (χ4n) is 2.66. The Morgan fingerprint density at radius 2 is 1.93 bits per heavy atom. The maximum Gasteiger partial charge on any atom is 0.387 e. The van der Waals surface area contributed by atoms with E-state index in [1.807, 2.05) is 44.1 Å². The summed E-state index contributed by atoms with van der Waals surface area (Å²) in [7, 11) is 5.50. The summed E-state index contributed by atoms with van der Waals surface area (Å²) < 4.78 is 35.2. The Labute approximate surface area is 170 Å². The highest BCUT2D eigenvalue weighted by atomic mass is 19.3. The summed E-state index contributed by atoms with van der Waals surface area (Å²) in [6.45, 7) is 0.467. The third kappa shape index (κ3) is 7.14. The van der Waals surface area contributed by atoms with Gasteiger partial charge >= 0.3 is 6.61 Å². The lowest BCUT2D eigenvalue weighted by atomic mass is 10.2. The first-order valence-corrected chi connectivity index (χ1v) is 9.33. The molecule has 0 aromatic heterocycles. The predicted molar refractivity (Wildman–Crippen MR) is 112 cm³/mol. The second-order valence-electron chi connectivity index (χ2n) is 6.47. The van der Waals surface area contributed by atoms with Crippen LogP contribution in [-0.4, -0.2) is 40.3 Å². The number of benzene rings is 2. The van der Waals surface area contributed by atoms with Crippen LogP contribution in [0, 0.1) is 0 Å². The van der Waals surface area contributed by atoms with Crippen molar-refractivity contribution in [3.63, 3.8) is 0 Å². The van der Waals surface area contributed by atoms with Crippen LogP contribution in [0.15, 0.2) is 47.5 Å². The number of methoxy groups -OCH3 is 1. The van der Waals surface area contributed by atoms with Gasteiger partial charge < -0.3 is 25.0 Å². The lowest BCUT2D eigenvalue weighted by molar-refractivity contribution is -0.0504. The third-order valence-electron chi connectivity index (χ3n) is 4.12. The normalized spacial score (nSPS) is 11.3. The summed E-state index contributed by atoms with van der Waals surface area (Å²) in [5.74, 6) is 1.24. The van der Waals surface area contributed by atoms with Gasteiger partial charge in [-0.2, -0.15) is 8.78 Å². The summed E-state index contributed by atoms with van der Waals surface area (Å²) in [6.07, 6.45) is 0. The van der Waals surface area contributed by atoms with E-state index in [4.69, 9.17) is 4.74 Å². The molecular formula is C21H28F2N4O2. The SMILES string of the molecule is CCNC(=NCc1cccc(N(C)C)c1)NCc1cc(OC)ccc1OC(F)F. The van der Waals surface area contributed by atoms with Crippen molar-refractivity contribution in [3.8, 4) is 11.5 Å². The van der Waals surface area contributed by atoms with Crippen LogP contribution in [0.1, 0.15) is 18.1 Å². The monoisotopic (exact) mass is 406 g/mol. The Balaban J connectivity index is 2.12. The van der Waals surface area contributed by atoms with E-state index >= 15 is 0 Å². The van der Waals surface area contributed by atoms with Crippen molar-refractivity contribution in [2.75, 3.05) is 32.6 Å². The number of halogens is 2. The molecular weight excluding hydrogens is 378 g/mol. The van der Waals surface area contributed by atoms with Gasteiger partial charge in [0.2, 0.25) is 0 Å². The zero-order valence-electron chi connectivity index (χ0n) is 17.2. The second-order valence-corrected chi connectivity index (χ2v) is 6.47. The van der Waals surface area contributed by atoms with E-state index in [0.29, 0.717) is 30.4 Å². The van der Waals surface area contributed by atoms with Gasteiger partial charge in [0.15, 0.2) is 5.96 Å². The Bertz CT molecular complexity index is 813. The van der Waals surface area contributed by atoms with Crippen LogP contribution in [0.3, 0.4) is 0 Å². The van der Waals surface area contributed by atoms with Gasteiger partial charge in [0.05, 0.1) is 13.7 Å². The van der Waals surface area contributed by atoms with Crippen LogP contribution >= 0.6 is 0 Å². The number of rotatable bonds is 9. The number of aliphatic imine (C=N–C) groups is 1. The molecule has 0 heterocycles. The molecule has 0 aliphatic rings. The molecule has 0 aliphatic heterocycles. The van der Waals surface area contributed by atoms with E-state index in [1.165, 1.54) is 13.2 Å². The molecule has 0 saturated heterocycles. The van der Waals surface area contributed by atoms with Gasteiger partial charge in [-0.05, 0) is 42.8 Å². The van der Waals surface area contributed by atoms with E-state index in [-0.39, 0.29) is 12.3 Å². The Morgan fingerprint density at radius 3 is 2.59 bits per heavy atom. The number of hydrogen-bond donors (Lipinski definition) is 2. The quantitative estimate of drug-likeness (QED) is 0.492. The first-order chi connectivity index (χ1) is 13.9. The van der Waals surface area contributed by atoms with Gasteiger partial charge in [-0.15, -0.1) is 0 Å². The summed E-state index contributed by atoms with van der Waals surface area (Å²) in [4.78, 5) is 6.62. The van der Waals surface area contributed by atoms with Gasteiger partial charge in [-0.1, -0.05) is 12.1 Å². The number of ether oxygens (including phenoxy) is 2. The lowest BCUT2D eigenvalue weighted by Gasteiger charge is -2.16. The average molecular weight is 406 g/mol. The molecule has 2 N–H and O–H groups in total. The molecule has 158 valence electrons. The molecule has 2 rings (SSSR count). The summed E-state index contributed by atoms with van der Waals surface area (Å²) in [5.41, 5.74) is 2.71. The molecule has 0 atom stereocenters. The molecule has 6 nitrogen and oxygen atoms in total. The number of nitrogens with zero attached hydrogens (tertiary/aromatic N) is 2. The summed E-state index contributed by atoms with van der Waals surface area (Å²) >= 11 is 0. The van der Waals surface area contributed by atoms with Crippen LogP contribution < -0.4 is 25.0 Å². The number of guanidine groups is 1. The Kier molecular flexibility index (Phi) is 8.51. The predicted octanol–water partition coefficient (Wildman–Crippen LogP) is 3.62. The molecule has 0 amide bonds. The van der Waals surface area contributed by atoms with E-state index in [1.54, 1.807) is 12.1 Å². The highest BCUT2D eigenvalue weighted by molar-refractivity contribution is 5.79. The molecule has 8 heteroatoms. The maximum absolute atomic E-state index is 12.7. The van der Waals surface area contributed by atoms with E-state index in [9.17, 15) is 8.78 Å². The molecule has 0 aliphatic carbocycles. The zero-order valence-corrected chi connectivity index (χ0v) is 17.2. The molecule has 0 bridgehead atoms. The molecule has 0 unspecified atom stereocenters. The van der Waals surface area contributed by atoms with Crippen LogP contribution in [0.25, 0.3) is 0 Å². The topological polar surface area (TPSA) is 58.1 Å². The minimum atomic E-state index is -2.90. The molecule has 29 heavy (non-hydrogen) atoms. The number of hydrogen-bond acceptors (Lipinski definition) is 4. The van der Waals surface area contributed by atoms with E-state index < -0.39 is 6.61 Å². The minimum Gasteiger partial charge on any atom is -0.497 e. The van der Waals surface area contributed by atoms with Crippen molar-refractivity contribution in [2.45, 2.75) is 26.6 Å². The third-order valence-corrected chi connectivity index (χ3v) is 4.12. The largest absolute Gasteiger partial charge is 0.497 e. The van der Waals surface area contributed by atoms with E-state index in [2.05, 4.69) is 26.4 Å². The Hall–Kier alpha value is -3.03. The summed E-state index contributed by atoms with van der Waals surface area (Å²) in [6, 6.07) is 12.8. The van der Waals surface area contributed by atoms with Crippen molar-refractivity contribution < 1.29 is 18.3 Å². The molecule has 0 radical (unpaired) electrons. The smallest absolute Gasteiger partial charge is 0.387 e. The highest BCUT2D eigenvalue weighted by Crippen LogP contribution is 2.25. The summed E-state index contributed by atoms with van der Waals surface area (Å²) in [5, 5.41) is 6.32. The fraction of sp³-hybridized carbons (Fsp3) is 0.381. The van der Waals surface area contributed by atoms with Crippen LogP contribution in [0.4, 0.5) is 14.5 Å². The lowest BCUT2D eigenvalue weighted by Crippen LogP contribution is -2.36. The van der Waals surface area contributed by atoms with Gasteiger partial charge in [-0.3, -0.25) is 0 Å². The molecule has 0 spiro atoms. The number of nitrogens with one attached hydrogen (secondary N) is 2. The first-order valence-electron chi connectivity index (χ1n) is 9.33. The first kappa shape index (κ1) is 22.3. The van der Waals surface area contributed by atoms with Crippen molar-refractivity contribution in [2.24, 2.45) is 4.99 Å². The molecule has 2 aromatic carbocycles. The standard InChI is InChI=1S/C21H28F2N4O2/c1-5-24-21(25-13-15-7-6-8-17(11-15)27(2)3)26-14-16-12-18(28-4)9-10-19(16)29-20(22)23/h6-12,20H,5,13-14H2,1-4H3,(H2,24,25,26). The Morgan fingerprint density at radius 1 is 1.14 bits per heavy atom. The van der Waals surface area contributed by atoms with Crippen LogP contribution in [0.2, 0.25) is 0 Å². The minimum absolute atomic E-state index is 0.0998. The van der Waals surface area contributed by atoms with Crippen molar-refractivity contribution in [1.29, 1.82) is 0 Å². The van der Waals surface area contributed by atoms with Crippen LogP contribution in [-0.2, 0) is 13.1 Å². The van der Waals surface area contributed by atoms with E-state index in [0.717, 1.165) is 11.3 Å². The van der Waals surface area contributed by atoms with Crippen molar-refractivity contribution in [3.05, 3.63) is 53.6 Å². The number of anilines is 1. The molecule has 0 saturated carbocycles. The van der Waals surface area contributed by atoms with Crippen molar-refractivity contribution in [1.82, 2.24) is 10.6 Å². The average Bonchev–Trinajstić information content (AvgIpc) is 2.70. The van der Waals surface area contributed by atoms with Gasteiger partial charge in [0, 0.05) is 38.4 Å². The number of alkyl halides is 2. The maximum atomic E-state index is 12.7. The van der Waals surface area contributed by atoms with Crippen molar-refractivity contribution >= 4 is 11.6 Å². The highest BCUT2D eigenvalue weighted by Gasteiger charge is 2.11.